The van der Waals surface area contributed by atoms with E-state index < -0.39 is 18.0 Å². The van der Waals surface area contributed by atoms with Crippen LogP contribution in [0.25, 0.3) is 0 Å². The molecule has 1 aromatic rings. The first kappa shape index (κ1) is 11.4. The Morgan fingerprint density at radius 2 is 2.07 bits per heavy atom. The summed E-state index contributed by atoms with van der Waals surface area (Å²) >= 11 is 0. The van der Waals surface area contributed by atoms with Gasteiger partial charge in [-0.2, -0.15) is 17.6 Å². The monoisotopic (exact) mass is 222 g/mol. The quantitative estimate of drug-likeness (QED) is 0.583. The fourth-order valence-electron chi connectivity index (χ4n) is 0.846. The molecular weight excluding hydrogens is 216 g/mol. The van der Waals surface area contributed by atoms with Gasteiger partial charge in [-0.1, -0.05) is 0 Å². The molecule has 7 heteroatoms. The average molecular weight is 222 g/mol. The predicted octanol–water partition coefficient (Wildman–Crippen LogP) is 2.03. The molecule has 0 spiro atoms. The number of aryl methyl sites for hydroxylation is 1. The lowest BCUT2D eigenvalue weighted by molar-refractivity contribution is -0.167. The highest BCUT2D eigenvalue weighted by Gasteiger charge is 2.38. The highest BCUT2D eigenvalue weighted by molar-refractivity contribution is 5.95. The number of carbonyl (C=O) groups is 1. The first-order valence-corrected chi connectivity index (χ1v) is 3.81. The zero-order valence-electron chi connectivity index (χ0n) is 7.52. The third-order valence-electron chi connectivity index (χ3n) is 1.58. The van der Waals surface area contributed by atoms with Crippen molar-refractivity contribution in [3.63, 3.8) is 0 Å². The molecular formula is C8H6F4N2O. The summed E-state index contributed by atoms with van der Waals surface area (Å²) in [6.45, 7) is 1.36. The molecule has 0 aromatic carbocycles. The molecule has 0 aliphatic carbocycles. The molecule has 0 aliphatic heterocycles. The van der Waals surface area contributed by atoms with Crippen molar-refractivity contribution < 1.29 is 22.4 Å². The third-order valence-corrected chi connectivity index (χ3v) is 1.58. The lowest BCUT2D eigenvalue weighted by atomic mass is 10.2. The lowest BCUT2D eigenvalue weighted by Crippen LogP contribution is -2.30. The van der Waals surface area contributed by atoms with Crippen LogP contribution in [-0.4, -0.2) is 17.1 Å². The molecule has 1 amide bonds. The molecule has 0 radical (unpaired) electrons. The van der Waals surface area contributed by atoms with Crippen molar-refractivity contribution in [1.82, 2.24) is 4.98 Å². The molecule has 1 heterocycles. The maximum Gasteiger partial charge on any atom is 0.471 e. The van der Waals surface area contributed by atoms with Crippen LogP contribution < -0.4 is 5.32 Å². The molecule has 1 aromatic heterocycles. The number of anilines is 1. The van der Waals surface area contributed by atoms with E-state index >= 15 is 0 Å². The molecule has 0 aliphatic rings. The molecule has 3 nitrogen and oxygen atoms in total. The van der Waals surface area contributed by atoms with Gasteiger partial charge in [0.1, 0.15) is 0 Å². The van der Waals surface area contributed by atoms with E-state index in [-0.39, 0.29) is 11.3 Å². The Labute approximate surface area is 82.1 Å². The summed E-state index contributed by atoms with van der Waals surface area (Å²) in [5, 5.41) is 1.58. The number of carbonyl (C=O) groups excluding carboxylic acids is 1. The zero-order valence-corrected chi connectivity index (χ0v) is 7.52. The zero-order chi connectivity index (χ0) is 11.6. The topological polar surface area (TPSA) is 42.0 Å². The number of amides is 1. The first-order chi connectivity index (χ1) is 6.80. The van der Waals surface area contributed by atoms with Crippen LogP contribution in [0.2, 0.25) is 0 Å². The van der Waals surface area contributed by atoms with Gasteiger partial charge < -0.3 is 5.32 Å². The Kier molecular flexibility index (Phi) is 2.92. The van der Waals surface area contributed by atoms with E-state index in [0.717, 1.165) is 12.3 Å². The minimum atomic E-state index is -4.97. The van der Waals surface area contributed by atoms with Gasteiger partial charge in [0, 0.05) is 0 Å². The second kappa shape index (κ2) is 3.84. The Balaban J connectivity index is 2.87. The molecule has 0 saturated carbocycles. The SMILES string of the molecule is Cc1cc(F)ncc1NC(=O)C(F)(F)F. The summed E-state index contributed by atoms with van der Waals surface area (Å²) in [5.41, 5.74) is -0.00109. The number of halogens is 4. The van der Waals surface area contributed by atoms with E-state index in [0.29, 0.717) is 0 Å². The van der Waals surface area contributed by atoms with Crippen LogP contribution in [-0.2, 0) is 4.79 Å². The van der Waals surface area contributed by atoms with Gasteiger partial charge in [-0.05, 0) is 18.6 Å². The Bertz CT molecular complexity index is 389. The van der Waals surface area contributed by atoms with Gasteiger partial charge >= 0.3 is 12.1 Å². The minimum absolute atomic E-state index is 0.167. The van der Waals surface area contributed by atoms with Crippen LogP contribution >= 0.6 is 0 Å². The maximum absolute atomic E-state index is 12.5. The second-order valence-electron chi connectivity index (χ2n) is 2.77. The average Bonchev–Trinajstić information content (AvgIpc) is 2.08. The summed E-state index contributed by atoms with van der Waals surface area (Å²) in [5.74, 6) is -2.93. The van der Waals surface area contributed by atoms with Crippen LogP contribution in [0.5, 0.6) is 0 Å². The van der Waals surface area contributed by atoms with Gasteiger partial charge in [0.25, 0.3) is 0 Å². The smallest absolute Gasteiger partial charge is 0.317 e. The van der Waals surface area contributed by atoms with E-state index in [1.807, 2.05) is 0 Å². The standard InChI is InChI=1S/C8H6F4N2O/c1-4-2-6(9)13-3-5(4)14-7(15)8(10,11)12/h2-3H,1H3,(H,14,15). The summed E-state index contributed by atoms with van der Waals surface area (Å²) in [6, 6.07) is 0.923. The molecule has 0 unspecified atom stereocenters. The number of rotatable bonds is 1. The van der Waals surface area contributed by atoms with Gasteiger partial charge in [0.2, 0.25) is 5.95 Å². The van der Waals surface area contributed by atoms with E-state index in [4.69, 9.17) is 0 Å². The fourth-order valence-corrected chi connectivity index (χ4v) is 0.846. The highest BCUT2D eigenvalue weighted by atomic mass is 19.4. The predicted molar refractivity (Wildman–Crippen MR) is 43.6 cm³/mol. The van der Waals surface area contributed by atoms with E-state index in [2.05, 4.69) is 4.98 Å². The van der Waals surface area contributed by atoms with Gasteiger partial charge in [-0.25, -0.2) is 4.98 Å². The van der Waals surface area contributed by atoms with E-state index in [1.165, 1.54) is 6.92 Å². The number of hydrogen-bond donors (Lipinski definition) is 1. The number of aromatic nitrogens is 1. The lowest BCUT2D eigenvalue weighted by Gasteiger charge is -2.09. The summed E-state index contributed by atoms with van der Waals surface area (Å²) < 4.78 is 48.0. The highest BCUT2D eigenvalue weighted by Crippen LogP contribution is 2.20. The normalized spacial score (nSPS) is 11.3. The third kappa shape index (κ3) is 2.90. The molecule has 0 atom stereocenters. The van der Waals surface area contributed by atoms with Crippen molar-refractivity contribution >= 4 is 11.6 Å². The van der Waals surface area contributed by atoms with Crippen LogP contribution in [0.3, 0.4) is 0 Å². The molecule has 0 saturated heterocycles. The first-order valence-electron chi connectivity index (χ1n) is 3.81. The minimum Gasteiger partial charge on any atom is -0.317 e. The summed E-state index contributed by atoms with van der Waals surface area (Å²) in [6.07, 6.45) is -4.14. The van der Waals surface area contributed by atoms with Gasteiger partial charge in [-0.3, -0.25) is 4.79 Å². The molecule has 15 heavy (non-hydrogen) atoms. The number of nitrogens with one attached hydrogen (secondary N) is 1. The van der Waals surface area contributed by atoms with E-state index in [9.17, 15) is 22.4 Å². The second-order valence-corrected chi connectivity index (χ2v) is 2.77. The van der Waals surface area contributed by atoms with E-state index in [1.54, 1.807) is 5.32 Å². The van der Waals surface area contributed by atoms with Crippen molar-refractivity contribution in [3.05, 3.63) is 23.8 Å². The van der Waals surface area contributed by atoms with Crippen molar-refractivity contribution in [2.45, 2.75) is 13.1 Å². The molecule has 1 rings (SSSR count). The summed E-state index contributed by atoms with van der Waals surface area (Å²) in [4.78, 5) is 13.6. The maximum atomic E-state index is 12.5. The van der Waals surface area contributed by atoms with Crippen molar-refractivity contribution in [3.8, 4) is 0 Å². The van der Waals surface area contributed by atoms with Crippen molar-refractivity contribution in [2.75, 3.05) is 5.32 Å². The van der Waals surface area contributed by atoms with Crippen LogP contribution in [0.1, 0.15) is 5.56 Å². The van der Waals surface area contributed by atoms with Gasteiger partial charge in [0.15, 0.2) is 0 Å². The van der Waals surface area contributed by atoms with Gasteiger partial charge in [0.05, 0.1) is 11.9 Å². The fraction of sp³-hybridized carbons (Fsp3) is 0.250. The number of alkyl halides is 3. The van der Waals surface area contributed by atoms with Gasteiger partial charge in [-0.15, -0.1) is 0 Å². The molecule has 0 bridgehead atoms. The van der Waals surface area contributed by atoms with Crippen molar-refractivity contribution in [1.29, 1.82) is 0 Å². The Morgan fingerprint density at radius 3 is 2.53 bits per heavy atom. The molecule has 0 fully saturated rings. The molecule has 82 valence electrons. The van der Waals surface area contributed by atoms with Crippen molar-refractivity contribution in [2.24, 2.45) is 0 Å². The largest absolute Gasteiger partial charge is 0.471 e. The summed E-state index contributed by atoms with van der Waals surface area (Å²) in [7, 11) is 0. The molecule has 1 N–H and O–H groups in total. The Morgan fingerprint density at radius 1 is 1.47 bits per heavy atom. The van der Waals surface area contributed by atoms with Crippen LogP contribution in [0, 0.1) is 12.9 Å². The number of nitrogens with zero attached hydrogens (tertiary/aromatic N) is 1. The van der Waals surface area contributed by atoms with Crippen LogP contribution in [0.4, 0.5) is 23.2 Å². The number of hydrogen-bond acceptors (Lipinski definition) is 2. The Hall–Kier alpha value is -1.66. The number of pyridine rings is 1. The van der Waals surface area contributed by atoms with Crippen LogP contribution in [0.15, 0.2) is 12.3 Å².